The first-order chi connectivity index (χ1) is 31.2. The van der Waals surface area contributed by atoms with Crippen LogP contribution in [0.1, 0.15) is 59.9 Å². The summed E-state index contributed by atoms with van der Waals surface area (Å²) < 4.78 is 44.6. The molecule has 0 unspecified atom stereocenters. The molecule has 66 heavy (non-hydrogen) atoms. The highest BCUT2D eigenvalue weighted by Gasteiger charge is 2.59. The lowest BCUT2D eigenvalue weighted by atomic mass is 9.74. The fraction of sp³-hybridized carbons (Fsp3) is 0.356. The van der Waals surface area contributed by atoms with E-state index >= 15 is 0 Å². The maximum absolute atomic E-state index is 13.8. The van der Waals surface area contributed by atoms with E-state index in [0.717, 1.165) is 66.5 Å². The van der Waals surface area contributed by atoms with Gasteiger partial charge in [-0.3, -0.25) is 25.0 Å². The predicted octanol–water partition coefficient (Wildman–Crippen LogP) is 5.64. The van der Waals surface area contributed by atoms with Crippen LogP contribution >= 0.6 is 0 Å². The second-order valence-electron chi connectivity index (χ2n) is 16.7. The predicted molar refractivity (Wildman–Crippen MR) is 233 cm³/mol. The molecule has 0 radical (unpaired) electrons. The standard InChI is InChI=1S/C44H43N5O12.CH4O3S/c1-26(2)37-38-27(3)35(39(46(38)40(37)50)43(53)60-41(51)28-12-16-31(17-13-28)47(55)56)25-59-36-11-7-9-33-30(8-6-10-34(33)36)24-49(21-4-5-22-49)23-20-45-44(54)61-42(52)29-14-18-32(19-15-29)48(57)58;1-5(2,3)4/h6-19,26-27,37-38H,4-5,20-25H2,1-3H3;1H3,(H,2,3,4)/t27-,37+,38+;/m0./s1. The summed E-state index contributed by atoms with van der Waals surface area (Å²) in [6.07, 6.45) is 1.68. The number of amides is 2. The van der Waals surface area contributed by atoms with Gasteiger partial charge in [-0.15, -0.1) is 0 Å². The van der Waals surface area contributed by atoms with Gasteiger partial charge >= 0.3 is 24.0 Å². The van der Waals surface area contributed by atoms with Gasteiger partial charge in [0.05, 0.1) is 69.2 Å². The Bertz CT molecular complexity index is 2710. The highest BCUT2D eigenvalue weighted by Crippen LogP contribution is 2.49. The van der Waals surface area contributed by atoms with Gasteiger partial charge in [-0.25, -0.2) is 27.6 Å². The molecule has 3 heterocycles. The van der Waals surface area contributed by atoms with Gasteiger partial charge in [0.25, 0.3) is 11.4 Å². The van der Waals surface area contributed by atoms with Gasteiger partial charge in [0.1, 0.15) is 24.6 Å². The molecule has 0 bridgehead atoms. The number of nitrogens with one attached hydrogen (secondary N) is 1. The van der Waals surface area contributed by atoms with Crippen LogP contribution in [0.5, 0.6) is 5.75 Å². The third kappa shape index (κ3) is 11.0. The topological polar surface area (TPSA) is 272 Å². The molecule has 0 spiro atoms. The molecule has 3 aliphatic heterocycles. The van der Waals surface area contributed by atoms with Gasteiger partial charge in [0.2, 0.25) is 5.91 Å². The van der Waals surface area contributed by atoms with E-state index in [1.54, 1.807) is 0 Å². The fourth-order valence-corrected chi connectivity index (χ4v) is 8.81. The molecular weight excluding hydrogens is 883 g/mol. The minimum absolute atomic E-state index is 0.00294. The molecule has 1 N–H and O–H groups in total. The van der Waals surface area contributed by atoms with E-state index in [1.165, 1.54) is 29.2 Å². The maximum atomic E-state index is 13.8. The zero-order chi connectivity index (χ0) is 48.1. The number of nitro benzene ring substituents is 2. The average molecular weight is 930 g/mol. The Morgan fingerprint density at radius 3 is 1.89 bits per heavy atom. The minimum atomic E-state index is -3.92. The van der Waals surface area contributed by atoms with E-state index in [-0.39, 0.29) is 71.1 Å². The number of fused-ring (bicyclic) bond motifs is 2. The molecule has 3 aliphatic rings. The number of alkyl carbamates (subject to hydrolysis) is 1. The first-order valence-corrected chi connectivity index (χ1v) is 22.7. The van der Waals surface area contributed by atoms with Crippen LogP contribution in [0, 0.1) is 38.0 Å². The number of nitrogens with zero attached hydrogens (tertiary/aromatic N) is 4. The van der Waals surface area contributed by atoms with E-state index in [2.05, 4.69) is 11.4 Å². The lowest BCUT2D eigenvalue weighted by Gasteiger charge is -2.47. The van der Waals surface area contributed by atoms with Crippen molar-refractivity contribution in [2.45, 2.75) is 46.2 Å². The van der Waals surface area contributed by atoms with Crippen molar-refractivity contribution in [3.63, 3.8) is 0 Å². The van der Waals surface area contributed by atoms with Crippen LogP contribution in [0.25, 0.3) is 10.8 Å². The number of carbonyl (C=O) groups excluding carboxylic acids is 5. The summed E-state index contributed by atoms with van der Waals surface area (Å²) >= 11 is 0. The van der Waals surface area contributed by atoms with Crippen molar-refractivity contribution >= 4 is 62.2 Å². The van der Waals surface area contributed by atoms with Crippen molar-refractivity contribution in [3.05, 3.63) is 133 Å². The first kappa shape index (κ1) is 48.4. The van der Waals surface area contributed by atoms with Crippen LogP contribution in [-0.2, 0) is 35.7 Å². The lowest BCUT2D eigenvalue weighted by Crippen LogP contribution is -2.62. The molecule has 21 heteroatoms. The van der Waals surface area contributed by atoms with Crippen molar-refractivity contribution in [1.29, 1.82) is 0 Å². The molecule has 0 saturated carbocycles. The largest absolute Gasteiger partial charge is 0.748 e. The highest BCUT2D eigenvalue weighted by atomic mass is 32.2. The fourth-order valence-electron chi connectivity index (χ4n) is 8.81. The lowest BCUT2D eigenvalue weighted by molar-refractivity contribution is -0.928. The second-order valence-corrected chi connectivity index (χ2v) is 18.1. The molecule has 20 nitrogen and oxygen atoms in total. The minimum Gasteiger partial charge on any atom is -0.748 e. The van der Waals surface area contributed by atoms with E-state index < -0.39 is 44.0 Å². The van der Waals surface area contributed by atoms with Crippen LogP contribution in [0.3, 0.4) is 0 Å². The number of benzene rings is 4. The molecule has 2 fully saturated rings. The monoisotopic (exact) mass is 929 g/mol. The molecule has 2 amide bonds. The van der Waals surface area contributed by atoms with Gasteiger partial charge in [-0.1, -0.05) is 51.1 Å². The number of hydrogen-bond acceptors (Lipinski definition) is 15. The van der Waals surface area contributed by atoms with E-state index in [4.69, 9.17) is 27.2 Å². The summed E-state index contributed by atoms with van der Waals surface area (Å²) in [5.74, 6) is -3.27. The van der Waals surface area contributed by atoms with Crippen LogP contribution in [0.2, 0.25) is 0 Å². The number of carbonyl (C=O) groups is 5. The summed E-state index contributed by atoms with van der Waals surface area (Å²) in [7, 11) is -3.92. The van der Waals surface area contributed by atoms with Gasteiger partial charge in [0, 0.05) is 65.8 Å². The van der Waals surface area contributed by atoms with Crippen molar-refractivity contribution in [2.24, 2.45) is 17.8 Å². The summed E-state index contributed by atoms with van der Waals surface area (Å²) in [4.78, 5) is 87.5. The van der Waals surface area contributed by atoms with E-state index in [9.17, 15) is 44.2 Å². The SMILES string of the molecule is CC(C)[C@H]1C(=O)N2C(C(=O)OC(=O)c3ccc([N+](=O)[O-])cc3)=C(COc3cccc4c(C[N+]5(CCNC(=O)OC(=O)c6ccc([N+](=O)[O-])cc6)CCCC5)cccc34)[C@H](C)[C@H]12.CS(=O)(=O)[O-]. The van der Waals surface area contributed by atoms with Crippen molar-refractivity contribution < 1.29 is 65.5 Å². The third-order valence-corrected chi connectivity index (χ3v) is 11.9. The Balaban J connectivity index is 0.00000137. The molecule has 4 aromatic rings. The van der Waals surface area contributed by atoms with Crippen molar-refractivity contribution in [1.82, 2.24) is 10.2 Å². The number of nitro groups is 2. The average Bonchev–Trinajstić information content (AvgIpc) is 3.81. The molecule has 0 aromatic heterocycles. The van der Waals surface area contributed by atoms with Gasteiger partial charge < -0.3 is 33.5 Å². The molecular formula is C45H47N5O15S. The van der Waals surface area contributed by atoms with Crippen molar-refractivity contribution in [3.8, 4) is 5.75 Å². The number of hydrogen-bond donors (Lipinski definition) is 1. The molecule has 7 rings (SSSR count). The zero-order valence-electron chi connectivity index (χ0n) is 36.4. The number of ether oxygens (including phenoxy) is 3. The zero-order valence-corrected chi connectivity index (χ0v) is 37.2. The number of likely N-dealkylation sites (tertiary alicyclic amines) is 1. The number of quaternary nitrogens is 1. The molecule has 0 aliphatic carbocycles. The molecule has 2 saturated heterocycles. The van der Waals surface area contributed by atoms with Crippen LogP contribution in [0.4, 0.5) is 16.2 Å². The molecule has 348 valence electrons. The molecule has 4 aromatic carbocycles. The smallest absolute Gasteiger partial charge is 0.415 e. The number of esters is 3. The van der Waals surface area contributed by atoms with E-state index in [1.807, 2.05) is 51.1 Å². The molecule has 3 atom stereocenters. The quantitative estimate of drug-likeness (QED) is 0.0305. The second kappa shape index (κ2) is 20.0. The Morgan fingerprint density at radius 1 is 0.818 bits per heavy atom. The normalized spacial score (nSPS) is 18.4. The summed E-state index contributed by atoms with van der Waals surface area (Å²) in [6, 6.07) is 20.8. The van der Waals surface area contributed by atoms with Gasteiger partial charge in [0.15, 0.2) is 0 Å². The Kier molecular flexibility index (Phi) is 14.6. The number of non-ortho nitro benzene ring substituents is 2. The summed E-state index contributed by atoms with van der Waals surface area (Å²) in [5, 5.41) is 26.5. The highest BCUT2D eigenvalue weighted by molar-refractivity contribution is 7.84. The number of rotatable bonds is 14. The Morgan fingerprint density at radius 2 is 1.35 bits per heavy atom. The van der Waals surface area contributed by atoms with Gasteiger partial charge in [-0.2, -0.15) is 0 Å². The number of β-lactam (4-membered cyclic amide) rings is 1. The summed E-state index contributed by atoms with van der Waals surface area (Å²) in [5.41, 5.74) is 1.05. The van der Waals surface area contributed by atoms with Crippen LogP contribution in [0.15, 0.2) is 96.2 Å². The maximum Gasteiger partial charge on any atom is 0.415 e. The van der Waals surface area contributed by atoms with Crippen LogP contribution < -0.4 is 10.1 Å². The van der Waals surface area contributed by atoms with Gasteiger partial charge in [-0.05, 0) is 41.6 Å². The van der Waals surface area contributed by atoms with E-state index in [0.29, 0.717) is 35.2 Å². The first-order valence-electron chi connectivity index (χ1n) is 20.9. The van der Waals surface area contributed by atoms with Crippen LogP contribution in [-0.4, -0.2) is 107 Å². The van der Waals surface area contributed by atoms with Crippen molar-refractivity contribution in [2.75, 3.05) is 39.0 Å². The Hall–Kier alpha value is -7.10. The summed E-state index contributed by atoms with van der Waals surface area (Å²) in [6.45, 7) is 8.93. The Labute approximate surface area is 378 Å². The third-order valence-electron chi connectivity index (χ3n) is 11.9.